The van der Waals surface area contributed by atoms with Crippen LogP contribution in [0.25, 0.3) is 6.08 Å². The Morgan fingerprint density at radius 1 is 0.964 bits per heavy atom. The average molecular weight is 419 g/mol. The van der Waals surface area contributed by atoms with Crippen molar-refractivity contribution in [1.29, 1.82) is 0 Å². The second-order valence-electron chi connectivity index (χ2n) is 7.11. The molecule has 2 aromatic rings. The number of primary sulfonamides is 1. The molecule has 0 heterocycles. The lowest BCUT2D eigenvalue weighted by molar-refractivity contribution is 0.571. The molecule has 0 saturated heterocycles. The van der Waals surface area contributed by atoms with E-state index in [0.717, 1.165) is 11.0 Å². The minimum Gasteiger partial charge on any atom is -0.279 e. The van der Waals surface area contributed by atoms with E-state index in [-0.39, 0.29) is 16.0 Å². The number of sulfonamides is 2. The summed E-state index contributed by atoms with van der Waals surface area (Å²) in [5, 5.41) is 6.08. The van der Waals surface area contributed by atoms with Gasteiger partial charge in [0.05, 0.1) is 11.1 Å². The molecule has 0 aliphatic carbocycles. The second-order valence-corrected chi connectivity index (χ2v) is 10.2. The quantitative estimate of drug-likeness (QED) is 0.728. The SMILES string of the molecule is CC(C)(C)C#Cc1ccc(C=CS(=O)(=O)Nc2ccccc2S(N)(=O)=O)cc1. The topological polar surface area (TPSA) is 106 Å². The van der Waals surface area contributed by atoms with E-state index >= 15 is 0 Å². The van der Waals surface area contributed by atoms with Gasteiger partial charge in [-0.05, 0) is 56.7 Å². The molecule has 2 rings (SSSR count). The molecular formula is C20H22N2O4S2. The van der Waals surface area contributed by atoms with Gasteiger partial charge in [-0.1, -0.05) is 36.1 Å². The normalized spacial score (nSPS) is 12.4. The van der Waals surface area contributed by atoms with Crippen molar-refractivity contribution in [2.75, 3.05) is 4.72 Å². The van der Waals surface area contributed by atoms with E-state index in [1.165, 1.54) is 30.3 Å². The molecule has 0 spiro atoms. The van der Waals surface area contributed by atoms with Crippen molar-refractivity contribution >= 4 is 31.8 Å². The van der Waals surface area contributed by atoms with Crippen molar-refractivity contribution in [3.8, 4) is 11.8 Å². The molecule has 0 amide bonds. The Morgan fingerprint density at radius 3 is 2.14 bits per heavy atom. The highest BCUT2D eigenvalue weighted by Gasteiger charge is 2.16. The van der Waals surface area contributed by atoms with E-state index in [1.54, 1.807) is 24.3 Å². The number of anilines is 1. The monoisotopic (exact) mass is 418 g/mol. The zero-order chi connectivity index (χ0) is 21.0. The van der Waals surface area contributed by atoms with Gasteiger partial charge in [0.1, 0.15) is 4.90 Å². The molecule has 0 unspecified atom stereocenters. The number of rotatable bonds is 5. The van der Waals surface area contributed by atoms with Crippen LogP contribution >= 0.6 is 0 Å². The predicted molar refractivity (Wildman–Crippen MR) is 112 cm³/mol. The highest BCUT2D eigenvalue weighted by molar-refractivity contribution is 7.95. The van der Waals surface area contributed by atoms with E-state index in [1.807, 2.05) is 20.8 Å². The maximum atomic E-state index is 12.3. The Labute approximate surface area is 166 Å². The predicted octanol–water partition coefficient (Wildman–Crippen LogP) is 3.14. The minimum atomic E-state index is -4.06. The Balaban J connectivity index is 2.19. The van der Waals surface area contributed by atoms with Crippen LogP contribution < -0.4 is 9.86 Å². The van der Waals surface area contributed by atoms with Crippen molar-refractivity contribution in [2.45, 2.75) is 25.7 Å². The lowest BCUT2D eigenvalue weighted by atomic mass is 9.97. The Morgan fingerprint density at radius 2 is 1.57 bits per heavy atom. The smallest absolute Gasteiger partial charge is 0.255 e. The number of nitrogens with two attached hydrogens (primary N) is 1. The molecular weight excluding hydrogens is 396 g/mol. The maximum absolute atomic E-state index is 12.3. The molecule has 0 fully saturated rings. The van der Waals surface area contributed by atoms with Gasteiger partial charge in [0, 0.05) is 11.0 Å². The van der Waals surface area contributed by atoms with Crippen LogP contribution in [0.15, 0.2) is 58.8 Å². The van der Waals surface area contributed by atoms with E-state index in [2.05, 4.69) is 16.6 Å². The maximum Gasteiger partial charge on any atom is 0.255 e. The van der Waals surface area contributed by atoms with Crippen LogP contribution in [-0.2, 0) is 20.0 Å². The lowest BCUT2D eigenvalue weighted by Crippen LogP contribution is -2.17. The summed E-state index contributed by atoms with van der Waals surface area (Å²) in [5.74, 6) is 6.19. The Bertz CT molecular complexity index is 1150. The van der Waals surface area contributed by atoms with Crippen LogP contribution in [0, 0.1) is 17.3 Å². The van der Waals surface area contributed by atoms with Gasteiger partial charge in [0.25, 0.3) is 10.0 Å². The van der Waals surface area contributed by atoms with Gasteiger partial charge in [-0.15, -0.1) is 0 Å². The third-order valence-electron chi connectivity index (χ3n) is 3.38. The largest absolute Gasteiger partial charge is 0.279 e. The van der Waals surface area contributed by atoms with Crippen LogP contribution in [0.1, 0.15) is 31.9 Å². The fraction of sp³-hybridized carbons (Fsp3) is 0.200. The van der Waals surface area contributed by atoms with Gasteiger partial charge in [-0.2, -0.15) is 0 Å². The van der Waals surface area contributed by atoms with Crippen LogP contribution in [0.2, 0.25) is 0 Å². The highest BCUT2D eigenvalue weighted by atomic mass is 32.2. The fourth-order valence-corrected chi connectivity index (χ4v) is 3.74. The molecule has 8 heteroatoms. The van der Waals surface area contributed by atoms with E-state index < -0.39 is 20.0 Å². The summed E-state index contributed by atoms with van der Waals surface area (Å²) >= 11 is 0. The molecule has 0 radical (unpaired) electrons. The first kappa shape index (κ1) is 21.7. The van der Waals surface area contributed by atoms with E-state index in [9.17, 15) is 16.8 Å². The lowest BCUT2D eigenvalue weighted by Gasteiger charge is -2.09. The number of hydrogen-bond donors (Lipinski definition) is 2. The number of nitrogens with one attached hydrogen (secondary N) is 1. The van der Waals surface area contributed by atoms with Crippen molar-refractivity contribution in [3.63, 3.8) is 0 Å². The molecule has 0 atom stereocenters. The standard InChI is InChI=1S/C20H22N2O4S2/c1-20(2,3)14-12-16-8-10-17(11-9-16)13-15-27(23,24)22-18-6-4-5-7-19(18)28(21,25)26/h4-11,13,15,22H,1-3H3,(H2,21,25,26). The Kier molecular flexibility index (Phi) is 6.34. The van der Waals surface area contributed by atoms with Gasteiger partial charge in [-0.25, -0.2) is 22.0 Å². The van der Waals surface area contributed by atoms with Gasteiger partial charge in [0.15, 0.2) is 0 Å². The van der Waals surface area contributed by atoms with E-state index in [4.69, 9.17) is 5.14 Å². The van der Waals surface area contributed by atoms with Gasteiger partial charge >= 0.3 is 0 Å². The molecule has 148 valence electrons. The van der Waals surface area contributed by atoms with Crippen LogP contribution in [0.4, 0.5) is 5.69 Å². The molecule has 6 nitrogen and oxygen atoms in total. The third kappa shape index (κ3) is 6.85. The van der Waals surface area contributed by atoms with Gasteiger partial charge < -0.3 is 0 Å². The first-order valence-corrected chi connectivity index (χ1v) is 11.4. The zero-order valence-corrected chi connectivity index (χ0v) is 17.4. The average Bonchev–Trinajstić information content (AvgIpc) is 2.58. The zero-order valence-electron chi connectivity index (χ0n) is 15.8. The van der Waals surface area contributed by atoms with Crippen LogP contribution in [0.5, 0.6) is 0 Å². The number of para-hydroxylation sites is 1. The van der Waals surface area contributed by atoms with Crippen LogP contribution in [0.3, 0.4) is 0 Å². The molecule has 2 aromatic carbocycles. The molecule has 28 heavy (non-hydrogen) atoms. The second kappa shape index (κ2) is 8.19. The molecule has 0 aliphatic heterocycles. The first-order chi connectivity index (χ1) is 12.9. The van der Waals surface area contributed by atoms with Gasteiger partial charge in [0.2, 0.25) is 10.0 Å². The minimum absolute atomic E-state index is 0.106. The molecule has 0 saturated carbocycles. The third-order valence-corrected chi connectivity index (χ3v) is 5.35. The molecule has 0 bridgehead atoms. The van der Waals surface area contributed by atoms with Crippen molar-refractivity contribution < 1.29 is 16.8 Å². The summed E-state index contributed by atoms with van der Waals surface area (Å²) in [7, 11) is -7.99. The summed E-state index contributed by atoms with van der Waals surface area (Å²) in [6.07, 6.45) is 1.41. The molecule has 0 aromatic heterocycles. The van der Waals surface area contributed by atoms with Crippen molar-refractivity contribution in [3.05, 3.63) is 65.1 Å². The molecule has 3 N–H and O–H groups in total. The summed E-state index contributed by atoms with van der Waals surface area (Å²) in [6, 6.07) is 12.6. The summed E-state index contributed by atoms with van der Waals surface area (Å²) in [5.41, 5.74) is 1.27. The first-order valence-electron chi connectivity index (χ1n) is 8.32. The molecule has 0 aliphatic rings. The summed E-state index contributed by atoms with van der Waals surface area (Å²) in [4.78, 5) is -0.297. The number of benzene rings is 2. The van der Waals surface area contributed by atoms with Gasteiger partial charge in [-0.3, -0.25) is 4.72 Å². The van der Waals surface area contributed by atoms with Crippen molar-refractivity contribution in [2.24, 2.45) is 10.6 Å². The Hall–Kier alpha value is -2.60. The van der Waals surface area contributed by atoms with E-state index in [0.29, 0.717) is 5.56 Å². The van der Waals surface area contributed by atoms with Crippen molar-refractivity contribution in [1.82, 2.24) is 0 Å². The number of hydrogen-bond acceptors (Lipinski definition) is 4. The summed E-state index contributed by atoms with van der Waals surface area (Å²) < 4.78 is 49.9. The van der Waals surface area contributed by atoms with Crippen LogP contribution in [-0.4, -0.2) is 16.8 Å². The highest BCUT2D eigenvalue weighted by Crippen LogP contribution is 2.21. The fourth-order valence-electron chi connectivity index (χ4n) is 2.09. The summed E-state index contributed by atoms with van der Waals surface area (Å²) in [6.45, 7) is 6.05.